The van der Waals surface area contributed by atoms with E-state index in [1.165, 1.54) is 0 Å². The number of benzene rings is 1. The van der Waals surface area contributed by atoms with Gasteiger partial charge in [-0.3, -0.25) is 4.90 Å². The zero-order valence-electron chi connectivity index (χ0n) is 11.3. The van der Waals surface area contributed by atoms with Gasteiger partial charge in [0.1, 0.15) is 5.75 Å². The van der Waals surface area contributed by atoms with Crippen LogP contribution in [-0.2, 0) is 11.3 Å². The molecule has 1 aliphatic rings. The van der Waals surface area contributed by atoms with E-state index < -0.39 is 0 Å². The Morgan fingerprint density at radius 1 is 1.50 bits per heavy atom. The minimum Gasteiger partial charge on any atom is -0.496 e. The van der Waals surface area contributed by atoms with Crippen molar-refractivity contribution in [2.45, 2.75) is 32.0 Å². The first-order valence-corrected chi connectivity index (χ1v) is 6.36. The molecule has 2 atom stereocenters. The first kappa shape index (κ1) is 13.2. The number of nitrogens with two attached hydrogens (primary N) is 1. The van der Waals surface area contributed by atoms with Crippen molar-refractivity contribution in [2.75, 3.05) is 26.5 Å². The molecule has 1 fully saturated rings. The molecule has 1 aliphatic heterocycles. The molecule has 1 aromatic carbocycles. The summed E-state index contributed by atoms with van der Waals surface area (Å²) < 4.78 is 11.0. The quantitative estimate of drug-likeness (QED) is 0.829. The van der Waals surface area contributed by atoms with Crippen LogP contribution in [-0.4, -0.2) is 37.8 Å². The maximum atomic E-state index is 5.76. The van der Waals surface area contributed by atoms with Crippen LogP contribution in [0.1, 0.15) is 18.9 Å². The average Bonchev–Trinajstić information content (AvgIpc) is 2.77. The Morgan fingerprint density at radius 2 is 2.28 bits per heavy atom. The highest BCUT2D eigenvalue weighted by molar-refractivity contribution is 5.48. The van der Waals surface area contributed by atoms with Crippen molar-refractivity contribution in [3.8, 4) is 5.75 Å². The van der Waals surface area contributed by atoms with Crippen LogP contribution in [0.3, 0.4) is 0 Å². The van der Waals surface area contributed by atoms with Crippen molar-refractivity contribution in [3.63, 3.8) is 0 Å². The van der Waals surface area contributed by atoms with Crippen molar-refractivity contribution in [1.82, 2.24) is 4.90 Å². The van der Waals surface area contributed by atoms with Gasteiger partial charge in [-0.15, -0.1) is 0 Å². The largest absolute Gasteiger partial charge is 0.496 e. The molecule has 2 N–H and O–H groups in total. The fourth-order valence-electron chi connectivity index (χ4n) is 2.58. The Balaban J connectivity index is 2.08. The second-order valence-corrected chi connectivity index (χ2v) is 4.92. The van der Waals surface area contributed by atoms with Gasteiger partial charge >= 0.3 is 0 Å². The van der Waals surface area contributed by atoms with E-state index in [0.29, 0.717) is 12.1 Å². The lowest BCUT2D eigenvalue weighted by molar-refractivity contribution is 0.0812. The van der Waals surface area contributed by atoms with Crippen LogP contribution in [0.25, 0.3) is 0 Å². The number of likely N-dealkylation sites (N-methyl/N-ethyl adjacent to an activating group) is 1. The summed E-state index contributed by atoms with van der Waals surface area (Å²) in [6.07, 6.45) is 1.39. The van der Waals surface area contributed by atoms with E-state index in [0.717, 1.165) is 36.6 Å². The molecule has 1 heterocycles. The molecule has 0 aliphatic carbocycles. The highest BCUT2D eigenvalue weighted by Crippen LogP contribution is 2.25. The molecular weight excluding hydrogens is 228 g/mol. The fourth-order valence-corrected chi connectivity index (χ4v) is 2.58. The summed E-state index contributed by atoms with van der Waals surface area (Å²) in [5, 5.41) is 0. The van der Waals surface area contributed by atoms with E-state index in [1.54, 1.807) is 7.11 Å². The van der Waals surface area contributed by atoms with Crippen LogP contribution in [0.2, 0.25) is 0 Å². The van der Waals surface area contributed by atoms with E-state index >= 15 is 0 Å². The van der Waals surface area contributed by atoms with Gasteiger partial charge in [-0.25, -0.2) is 0 Å². The topological polar surface area (TPSA) is 47.7 Å². The summed E-state index contributed by atoms with van der Waals surface area (Å²) in [5.74, 6) is 0.855. The molecule has 0 amide bonds. The second-order valence-electron chi connectivity index (χ2n) is 4.92. The third-order valence-electron chi connectivity index (χ3n) is 3.63. The minimum absolute atomic E-state index is 0.301. The van der Waals surface area contributed by atoms with E-state index in [9.17, 15) is 0 Å². The normalized spacial score (nSPS) is 23.6. The van der Waals surface area contributed by atoms with Crippen molar-refractivity contribution >= 4 is 5.69 Å². The van der Waals surface area contributed by atoms with Crippen LogP contribution < -0.4 is 10.5 Å². The summed E-state index contributed by atoms with van der Waals surface area (Å²) in [4.78, 5) is 2.33. The maximum Gasteiger partial charge on any atom is 0.125 e. The summed E-state index contributed by atoms with van der Waals surface area (Å²) >= 11 is 0. The molecule has 0 aromatic heterocycles. The number of hydrogen-bond donors (Lipinski definition) is 1. The van der Waals surface area contributed by atoms with Crippen molar-refractivity contribution < 1.29 is 9.47 Å². The number of anilines is 1. The monoisotopic (exact) mass is 250 g/mol. The fraction of sp³-hybridized carbons (Fsp3) is 0.571. The van der Waals surface area contributed by atoms with Gasteiger partial charge in [-0.1, -0.05) is 6.07 Å². The molecule has 0 spiro atoms. The van der Waals surface area contributed by atoms with Crippen LogP contribution in [0, 0.1) is 0 Å². The van der Waals surface area contributed by atoms with Gasteiger partial charge in [0.25, 0.3) is 0 Å². The van der Waals surface area contributed by atoms with Crippen molar-refractivity contribution in [1.29, 1.82) is 0 Å². The SMILES string of the molecule is COc1cc(N)ccc1CN(C)C1CCOC1C. The van der Waals surface area contributed by atoms with Crippen LogP contribution in [0.4, 0.5) is 5.69 Å². The Morgan fingerprint density at radius 3 is 2.89 bits per heavy atom. The Kier molecular flexibility index (Phi) is 4.09. The minimum atomic E-state index is 0.301. The van der Waals surface area contributed by atoms with Crippen LogP contribution in [0.15, 0.2) is 18.2 Å². The lowest BCUT2D eigenvalue weighted by Crippen LogP contribution is -2.36. The van der Waals surface area contributed by atoms with Gasteiger partial charge in [0, 0.05) is 36.5 Å². The summed E-state index contributed by atoms with van der Waals surface area (Å²) in [5.41, 5.74) is 7.66. The van der Waals surface area contributed by atoms with Crippen LogP contribution in [0.5, 0.6) is 5.75 Å². The molecule has 2 rings (SSSR count). The number of ether oxygens (including phenoxy) is 2. The molecular formula is C14H22N2O2. The van der Waals surface area contributed by atoms with Gasteiger partial charge in [0.2, 0.25) is 0 Å². The third kappa shape index (κ3) is 2.76. The molecule has 4 nitrogen and oxygen atoms in total. The number of nitrogen functional groups attached to an aromatic ring is 1. The van der Waals surface area contributed by atoms with Gasteiger partial charge < -0.3 is 15.2 Å². The summed E-state index contributed by atoms with van der Waals surface area (Å²) in [6.45, 7) is 3.84. The number of rotatable bonds is 4. The number of nitrogens with zero attached hydrogens (tertiary/aromatic N) is 1. The van der Waals surface area contributed by atoms with Crippen LogP contribution >= 0.6 is 0 Å². The molecule has 4 heteroatoms. The van der Waals surface area contributed by atoms with E-state index in [4.69, 9.17) is 15.2 Å². The highest BCUT2D eigenvalue weighted by Gasteiger charge is 2.28. The molecule has 0 bridgehead atoms. The molecule has 1 aromatic rings. The zero-order valence-corrected chi connectivity index (χ0v) is 11.3. The van der Waals surface area contributed by atoms with Gasteiger partial charge in [0.05, 0.1) is 13.2 Å². The van der Waals surface area contributed by atoms with E-state index in [1.807, 2.05) is 18.2 Å². The second kappa shape index (κ2) is 5.59. The first-order valence-electron chi connectivity index (χ1n) is 6.36. The van der Waals surface area contributed by atoms with Gasteiger partial charge in [-0.2, -0.15) is 0 Å². The first-order chi connectivity index (χ1) is 8.61. The summed E-state index contributed by atoms with van der Waals surface area (Å²) in [6, 6.07) is 6.30. The molecule has 18 heavy (non-hydrogen) atoms. The third-order valence-corrected chi connectivity index (χ3v) is 3.63. The van der Waals surface area contributed by atoms with Gasteiger partial charge in [-0.05, 0) is 26.5 Å². The predicted molar refractivity (Wildman–Crippen MR) is 72.7 cm³/mol. The van der Waals surface area contributed by atoms with E-state index in [-0.39, 0.29) is 0 Å². The van der Waals surface area contributed by atoms with Crippen molar-refractivity contribution in [2.24, 2.45) is 0 Å². The lowest BCUT2D eigenvalue weighted by atomic mass is 10.1. The van der Waals surface area contributed by atoms with Crippen molar-refractivity contribution in [3.05, 3.63) is 23.8 Å². The molecule has 2 unspecified atom stereocenters. The lowest BCUT2D eigenvalue weighted by Gasteiger charge is -2.27. The average molecular weight is 250 g/mol. The molecule has 0 saturated carbocycles. The Hall–Kier alpha value is -1.26. The highest BCUT2D eigenvalue weighted by atomic mass is 16.5. The van der Waals surface area contributed by atoms with Gasteiger partial charge in [0.15, 0.2) is 0 Å². The molecule has 1 saturated heterocycles. The Bertz CT molecular complexity index is 409. The molecule has 100 valence electrons. The Labute approximate surface area is 109 Å². The van der Waals surface area contributed by atoms with E-state index in [2.05, 4.69) is 18.9 Å². The predicted octanol–water partition coefficient (Wildman–Crippen LogP) is 1.89. The zero-order chi connectivity index (χ0) is 13.1. The molecule has 0 radical (unpaired) electrons. The summed E-state index contributed by atoms with van der Waals surface area (Å²) in [7, 11) is 3.81. The maximum absolute atomic E-state index is 5.76. The smallest absolute Gasteiger partial charge is 0.125 e. The standard InChI is InChI=1S/C14H22N2O2/c1-10-13(6-7-18-10)16(2)9-11-4-5-12(15)8-14(11)17-3/h4-5,8,10,13H,6-7,9,15H2,1-3H3. The number of hydrogen-bond acceptors (Lipinski definition) is 4. The number of methoxy groups -OCH3 is 1.